The predicted molar refractivity (Wildman–Crippen MR) is 154 cm³/mol. The van der Waals surface area contributed by atoms with Gasteiger partial charge in [-0.05, 0) is 38.5 Å². The van der Waals surface area contributed by atoms with Gasteiger partial charge in [0.1, 0.15) is 35.3 Å². The molecule has 1 aliphatic heterocycles. The summed E-state index contributed by atoms with van der Waals surface area (Å²) in [6, 6.07) is 3.90. The second-order valence-electron chi connectivity index (χ2n) is 11.0. The van der Waals surface area contributed by atoms with Crippen LogP contribution in [0.15, 0.2) is 36.9 Å². The van der Waals surface area contributed by atoms with Gasteiger partial charge in [-0.3, -0.25) is 9.36 Å². The average molecular weight is 630 g/mol. The lowest BCUT2D eigenvalue weighted by Crippen LogP contribution is -2.56. The van der Waals surface area contributed by atoms with Crippen LogP contribution in [0.3, 0.4) is 0 Å². The van der Waals surface area contributed by atoms with Gasteiger partial charge in [0, 0.05) is 6.42 Å². The SMILES string of the molecule is COC(=O)COc1ccc(C[C@H](NC(=O)OC(C)(C)C)C(=O)N[C@H]2[C@@H](O)[C@H](n3cnc4c(N)ncnc43)O[C@@H]2C(=O)OC)cc1. The van der Waals surface area contributed by atoms with E-state index in [0.29, 0.717) is 11.3 Å². The fourth-order valence-electron chi connectivity index (χ4n) is 4.52. The molecule has 45 heavy (non-hydrogen) atoms. The zero-order chi connectivity index (χ0) is 32.9. The Hall–Kier alpha value is -5.03. The highest BCUT2D eigenvalue weighted by Gasteiger charge is 2.50. The minimum absolute atomic E-state index is 0.0271. The lowest BCUT2D eigenvalue weighted by Gasteiger charge is -2.26. The summed E-state index contributed by atoms with van der Waals surface area (Å²) in [5.74, 6) is -1.69. The summed E-state index contributed by atoms with van der Waals surface area (Å²) in [5.41, 5.74) is 6.10. The number of rotatable bonds is 10. The van der Waals surface area contributed by atoms with Gasteiger partial charge in [-0.2, -0.15) is 0 Å². The van der Waals surface area contributed by atoms with Crippen molar-refractivity contribution in [3.63, 3.8) is 0 Å². The van der Waals surface area contributed by atoms with Gasteiger partial charge in [0.25, 0.3) is 0 Å². The van der Waals surface area contributed by atoms with E-state index in [9.17, 15) is 24.3 Å². The van der Waals surface area contributed by atoms with Gasteiger partial charge in [0.15, 0.2) is 30.4 Å². The van der Waals surface area contributed by atoms with Crippen LogP contribution in [0, 0.1) is 0 Å². The monoisotopic (exact) mass is 629 g/mol. The molecule has 5 N–H and O–H groups in total. The first-order chi connectivity index (χ1) is 21.3. The Morgan fingerprint density at radius 2 is 1.80 bits per heavy atom. The normalized spacial score (nSPS) is 20.2. The predicted octanol–water partition coefficient (Wildman–Crippen LogP) is 0.0124. The number of esters is 2. The van der Waals surface area contributed by atoms with Gasteiger partial charge >= 0.3 is 18.0 Å². The second kappa shape index (κ2) is 13.7. The maximum atomic E-state index is 13.7. The highest BCUT2D eigenvalue weighted by molar-refractivity contribution is 5.87. The van der Waals surface area contributed by atoms with Gasteiger partial charge in [-0.15, -0.1) is 0 Å². The maximum absolute atomic E-state index is 13.7. The zero-order valence-corrected chi connectivity index (χ0v) is 25.3. The lowest BCUT2D eigenvalue weighted by molar-refractivity contribution is -0.156. The van der Waals surface area contributed by atoms with E-state index in [2.05, 4.69) is 30.3 Å². The highest BCUT2D eigenvalue weighted by Crippen LogP contribution is 2.32. The van der Waals surface area contributed by atoms with Gasteiger partial charge in [0.05, 0.1) is 26.6 Å². The molecule has 4 rings (SSSR count). The molecule has 0 unspecified atom stereocenters. The molecule has 0 spiro atoms. The number of amides is 2. The fourth-order valence-corrected chi connectivity index (χ4v) is 4.52. The van der Waals surface area contributed by atoms with Gasteiger partial charge in [-0.25, -0.2) is 29.3 Å². The van der Waals surface area contributed by atoms with Crippen LogP contribution in [0.2, 0.25) is 0 Å². The van der Waals surface area contributed by atoms with Crippen LogP contribution >= 0.6 is 0 Å². The van der Waals surface area contributed by atoms with Crippen molar-refractivity contribution in [2.24, 2.45) is 0 Å². The Morgan fingerprint density at radius 3 is 2.44 bits per heavy atom. The van der Waals surface area contributed by atoms with Crippen molar-refractivity contribution in [1.29, 1.82) is 0 Å². The summed E-state index contributed by atoms with van der Waals surface area (Å²) in [4.78, 5) is 62.7. The summed E-state index contributed by atoms with van der Waals surface area (Å²) in [6.07, 6.45) is -2.54. The Bertz CT molecular complexity index is 1540. The maximum Gasteiger partial charge on any atom is 0.408 e. The largest absolute Gasteiger partial charge is 0.482 e. The molecule has 1 aromatic carbocycles. The first kappa shape index (κ1) is 32.9. The number of nitrogens with zero attached hydrogens (tertiary/aromatic N) is 4. The number of aliphatic hydroxyl groups excluding tert-OH is 1. The van der Waals surface area contributed by atoms with E-state index in [1.54, 1.807) is 45.0 Å². The molecule has 2 aromatic heterocycles. The number of methoxy groups -OCH3 is 2. The van der Waals surface area contributed by atoms with Gasteiger partial charge in [-0.1, -0.05) is 12.1 Å². The summed E-state index contributed by atoms with van der Waals surface area (Å²) >= 11 is 0. The van der Waals surface area contributed by atoms with Crippen molar-refractivity contribution in [2.75, 3.05) is 26.6 Å². The Morgan fingerprint density at radius 1 is 1.09 bits per heavy atom. The number of aliphatic hydroxyl groups is 1. The summed E-state index contributed by atoms with van der Waals surface area (Å²) in [6.45, 7) is 4.71. The van der Waals surface area contributed by atoms with Gasteiger partial charge in [0.2, 0.25) is 5.91 Å². The minimum atomic E-state index is -1.50. The molecular formula is C28H35N7O10. The summed E-state index contributed by atoms with van der Waals surface area (Å²) in [5, 5.41) is 16.5. The molecule has 0 saturated carbocycles. The Kier molecular flexibility index (Phi) is 10.0. The number of alkyl carbamates (subject to hydrolysis) is 1. The highest BCUT2D eigenvalue weighted by atomic mass is 16.6. The topological polar surface area (TPSA) is 228 Å². The number of nitrogens with two attached hydrogens (primary N) is 1. The number of nitrogens with one attached hydrogen (secondary N) is 2. The molecule has 5 atom stereocenters. The Balaban J connectivity index is 1.57. The van der Waals surface area contributed by atoms with Crippen LogP contribution in [-0.2, 0) is 39.8 Å². The number of imidazole rings is 1. The van der Waals surface area contributed by atoms with Crippen molar-refractivity contribution in [2.45, 2.75) is 63.3 Å². The number of nitrogen functional groups attached to an aromatic ring is 1. The molecule has 1 saturated heterocycles. The van der Waals surface area contributed by atoms with Crippen LogP contribution in [0.4, 0.5) is 10.6 Å². The lowest BCUT2D eigenvalue weighted by atomic mass is 10.0. The summed E-state index contributed by atoms with van der Waals surface area (Å²) < 4.78 is 27.4. The molecular weight excluding hydrogens is 594 g/mol. The fraction of sp³-hybridized carbons (Fsp3) is 0.464. The number of aromatic nitrogens is 4. The second-order valence-corrected chi connectivity index (χ2v) is 11.0. The number of benzene rings is 1. The number of ether oxygens (including phenoxy) is 5. The quantitative estimate of drug-likeness (QED) is 0.171. The zero-order valence-electron chi connectivity index (χ0n) is 25.3. The van der Waals surface area contributed by atoms with Crippen molar-refractivity contribution in [3.8, 4) is 5.75 Å². The molecule has 1 fully saturated rings. The first-order valence-electron chi connectivity index (χ1n) is 13.7. The molecule has 3 aromatic rings. The van der Waals surface area contributed by atoms with Crippen LogP contribution in [0.1, 0.15) is 32.6 Å². The summed E-state index contributed by atoms with van der Waals surface area (Å²) in [7, 11) is 2.38. The number of fused-ring (bicyclic) bond motifs is 1. The van der Waals surface area contributed by atoms with E-state index >= 15 is 0 Å². The number of hydrogen-bond donors (Lipinski definition) is 4. The molecule has 3 heterocycles. The van der Waals surface area contributed by atoms with E-state index in [0.717, 1.165) is 7.11 Å². The third-order valence-corrected chi connectivity index (χ3v) is 6.63. The standard InChI is InChI=1S/C28H35N7O10/c1-28(2,3)45-27(40)33-16(10-14-6-8-15(9-7-14)43-11-17(36)41-4)24(38)34-18-20(37)25(44-21(18)26(39)42-5)35-13-32-19-22(29)30-12-31-23(19)35/h6-9,12-13,16,18,20-21,25,37H,10-11H2,1-5H3,(H,33,40)(H,34,38)(H2,29,30,31)/t16-,18-,20+,21-,25+/m0/s1. The van der Waals surface area contributed by atoms with Crippen molar-refractivity contribution >= 4 is 40.9 Å². The van der Waals surface area contributed by atoms with Crippen LogP contribution in [0.5, 0.6) is 5.75 Å². The molecule has 1 aliphatic rings. The van der Waals surface area contributed by atoms with E-state index in [4.69, 9.17) is 24.7 Å². The molecule has 2 amide bonds. The molecule has 17 nitrogen and oxygen atoms in total. The van der Waals surface area contributed by atoms with Crippen LogP contribution in [-0.4, -0.2) is 99.3 Å². The smallest absolute Gasteiger partial charge is 0.408 e. The first-order valence-corrected chi connectivity index (χ1v) is 13.7. The number of hydrogen-bond acceptors (Lipinski definition) is 14. The number of carbonyl (C=O) groups is 4. The average Bonchev–Trinajstić information content (AvgIpc) is 3.56. The number of carbonyl (C=O) groups excluding carboxylic acids is 4. The van der Waals surface area contributed by atoms with Crippen molar-refractivity contribution < 1.29 is 48.0 Å². The van der Waals surface area contributed by atoms with E-state index in [1.807, 2.05) is 0 Å². The molecule has 0 radical (unpaired) electrons. The number of anilines is 1. The van der Waals surface area contributed by atoms with Crippen LogP contribution in [0.25, 0.3) is 11.2 Å². The van der Waals surface area contributed by atoms with Gasteiger partial charge < -0.3 is 45.2 Å². The van der Waals surface area contributed by atoms with Crippen LogP contribution < -0.4 is 21.1 Å². The van der Waals surface area contributed by atoms with E-state index < -0.39 is 60.1 Å². The molecule has 17 heteroatoms. The van der Waals surface area contributed by atoms with Crippen molar-refractivity contribution in [3.05, 3.63) is 42.5 Å². The van der Waals surface area contributed by atoms with E-state index in [1.165, 1.54) is 24.3 Å². The third-order valence-electron chi connectivity index (χ3n) is 6.63. The van der Waals surface area contributed by atoms with E-state index in [-0.39, 0.29) is 30.0 Å². The molecule has 242 valence electrons. The molecule has 0 bridgehead atoms. The van der Waals surface area contributed by atoms with Crippen molar-refractivity contribution in [1.82, 2.24) is 30.2 Å². The Labute approximate surface area is 257 Å². The minimum Gasteiger partial charge on any atom is -0.482 e. The molecule has 0 aliphatic carbocycles. The third kappa shape index (κ3) is 7.93.